The van der Waals surface area contributed by atoms with Gasteiger partial charge in [0.25, 0.3) is 5.91 Å². The molecule has 0 unspecified atom stereocenters. The second-order valence-corrected chi connectivity index (χ2v) is 5.99. The van der Waals surface area contributed by atoms with Gasteiger partial charge in [0.1, 0.15) is 11.6 Å². The molecule has 0 aromatic heterocycles. The highest BCUT2D eigenvalue weighted by Gasteiger charge is 2.17. The minimum atomic E-state index is -0.448. The van der Waals surface area contributed by atoms with Gasteiger partial charge in [-0.05, 0) is 46.6 Å². The summed E-state index contributed by atoms with van der Waals surface area (Å²) in [5.41, 5.74) is 0.731. The van der Waals surface area contributed by atoms with E-state index in [0.717, 1.165) is 6.42 Å². The lowest BCUT2D eigenvalue weighted by Gasteiger charge is -2.14. The molecule has 2 aromatic rings. The number of amides is 1. The number of rotatable bonds is 7. The highest BCUT2D eigenvalue weighted by Crippen LogP contribution is 2.37. The summed E-state index contributed by atoms with van der Waals surface area (Å²) in [6.45, 7) is 2.53. The van der Waals surface area contributed by atoms with Gasteiger partial charge in [-0.15, -0.1) is 0 Å². The van der Waals surface area contributed by atoms with E-state index in [0.29, 0.717) is 33.8 Å². The Hall–Kier alpha value is -2.28. The van der Waals surface area contributed by atoms with Crippen LogP contribution >= 0.6 is 15.9 Å². The number of carbonyl (C=O) groups excluding carboxylic acids is 1. The highest BCUT2D eigenvalue weighted by atomic mass is 79.9. The van der Waals surface area contributed by atoms with Crippen LogP contribution in [0.4, 0.5) is 10.1 Å². The van der Waals surface area contributed by atoms with E-state index < -0.39 is 5.82 Å². The molecule has 0 atom stereocenters. The van der Waals surface area contributed by atoms with Crippen molar-refractivity contribution in [3.8, 4) is 17.2 Å². The maximum absolute atomic E-state index is 13.3. The molecule has 0 heterocycles. The van der Waals surface area contributed by atoms with Crippen molar-refractivity contribution in [2.75, 3.05) is 26.1 Å². The molecule has 0 aliphatic carbocycles. The summed E-state index contributed by atoms with van der Waals surface area (Å²) < 4.78 is 29.9. The quantitative estimate of drug-likeness (QED) is 0.720. The SMILES string of the molecule is CCCOc1c(Br)cc(C(=O)Nc2ccc(F)cc2OC)cc1OC. The topological polar surface area (TPSA) is 56.8 Å². The summed E-state index contributed by atoms with van der Waals surface area (Å²) in [5, 5.41) is 2.70. The molecule has 134 valence electrons. The van der Waals surface area contributed by atoms with Crippen molar-refractivity contribution in [3.05, 3.63) is 46.2 Å². The Balaban J connectivity index is 2.29. The predicted octanol–water partition coefficient (Wildman–Crippen LogP) is 4.65. The normalized spacial score (nSPS) is 10.3. The van der Waals surface area contributed by atoms with Gasteiger partial charge < -0.3 is 19.5 Å². The van der Waals surface area contributed by atoms with Crippen molar-refractivity contribution in [2.45, 2.75) is 13.3 Å². The van der Waals surface area contributed by atoms with Crippen LogP contribution in [0.5, 0.6) is 17.2 Å². The summed E-state index contributed by atoms with van der Waals surface area (Å²) >= 11 is 3.40. The second kappa shape index (κ2) is 8.71. The number of ether oxygens (including phenoxy) is 3. The van der Waals surface area contributed by atoms with Crippen LogP contribution in [0.25, 0.3) is 0 Å². The predicted molar refractivity (Wildman–Crippen MR) is 97.4 cm³/mol. The second-order valence-electron chi connectivity index (χ2n) is 5.14. The molecule has 2 aromatic carbocycles. The Morgan fingerprint density at radius 1 is 1.16 bits per heavy atom. The molecule has 25 heavy (non-hydrogen) atoms. The van der Waals surface area contributed by atoms with Crippen LogP contribution < -0.4 is 19.5 Å². The highest BCUT2D eigenvalue weighted by molar-refractivity contribution is 9.10. The summed E-state index contributed by atoms with van der Waals surface area (Å²) in [6.07, 6.45) is 0.849. The van der Waals surface area contributed by atoms with Gasteiger partial charge in [-0.2, -0.15) is 0 Å². The van der Waals surface area contributed by atoms with Crippen LogP contribution in [-0.2, 0) is 0 Å². The van der Waals surface area contributed by atoms with E-state index in [2.05, 4.69) is 21.2 Å². The number of carbonyl (C=O) groups is 1. The average molecular weight is 412 g/mol. The van der Waals surface area contributed by atoms with Crippen molar-refractivity contribution in [3.63, 3.8) is 0 Å². The molecule has 1 N–H and O–H groups in total. The first-order chi connectivity index (χ1) is 12.0. The van der Waals surface area contributed by atoms with Crippen molar-refractivity contribution in [1.82, 2.24) is 0 Å². The summed E-state index contributed by atoms with van der Waals surface area (Å²) in [5.74, 6) is 0.393. The maximum atomic E-state index is 13.3. The van der Waals surface area contributed by atoms with Crippen LogP contribution in [0.3, 0.4) is 0 Å². The van der Waals surface area contributed by atoms with Crippen molar-refractivity contribution in [1.29, 1.82) is 0 Å². The van der Waals surface area contributed by atoms with Gasteiger partial charge in [-0.25, -0.2) is 4.39 Å². The van der Waals surface area contributed by atoms with Gasteiger partial charge in [0.2, 0.25) is 0 Å². The maximum Gasteiger partial charge on any atom is 0.255 e. The first-order valence-corrected chi connectivity index (χ1v) is 8.44. The molecule has 7 heteroatoms. The van der Waals surface area contributed by atoms with E-state index in [1.807, 2.05) is 6.92 Å². The fourth-order valence-corrected chi connectivity index (χ4v) is 2.71. The van der Waals surface area contributed by atoms with Crippen LogP contribution in [-0.4, -0.2) is 26.7 Å². The number of hydrogen-bond donors (Lipinski definition) is 1. The number of anilines is 1. The lowest BCUT2D eigenvalue weighted by molar-refractivity contribution is 0.102. The van der Waals surface area contributed by atoms with Crippen LogP contribution in [0.1, 0.15) is 23.7 Å². The Bertz CT molecular complexity index is 767. The molecule has 0 saturated carbocycles. The minimum Gasteiger partial charge on any atom is -0.494 e. The summed E-state index contributed by atoms with van der Waals surface area (Å²) in [4.78, 5) is 12.5. The monoisotopic (exact) mass is 411 g/mol. The number of halogens is 2. The third kappa shape index (κ3) is 4.63. The first kappa shape index (κ1) is 19.1. The van der Waals surface area contributed by atoms with Gasteiger partial charge in [0.15, 0.2) is 11.5 Å². The zero-order valence-corrected chi connectivity index (χ0v) is 15.8. The van der Waals surface area contributed by atoms with Gasteiger partial charge >= 0.3 is 0 Å². The number of hydrogen-bond acceptors (Lipinski definition) is 4. The third-order valence-electron chi connectivity index (χ3n) is 3.35. The van der Waals surface area contributed by atoms with Crippen molar-refractivity contribution < 1.29 is 23.4 Å². The first-order valence-electron chi connectivity index (χ1n) is 7.65. The minimum absolute atomic E-state index is 0.238. The van der Waals surface area contributed by atoms with E-state index >= 15 is 0 Å². The zero-order chi connectivity index (χ0) is 18.4. The molecule has 0 fully saturated rings. The van der Waals surface area contributed by atoms with E-state index in [4.69, 9.17) is 14.2 Å². The van der Waals surface area contributed by atoms with Gasteiger partial charge in [0, 0.05) is 11.6 Å². The molecule has 0 radical (unpaired) electrons. The van der Waals surface area contributed by atoms with Crippen LogP contribution in [0.15, 0.2) is 34.8 Å². The van der Waals surface area contributed by atoms with Crippen LogP contribution in [0, 0.1) is 5.82 Å². The van der Waals surface area contributed by atoms with Crippen molar-refractivity contribution >= 4 is 27.5 Å². The number of benzene rings is 2. The Morgan fingerprint density at radius 3 is 2.52 bits per heavy atom. The molecule has 0 aliphatic rings. The lowest BCUT2D eigenvalue weighted by Crippen LogP contribution is -2.13. The molecule has 1 amide bonds. The van der Waals surface area contributed by atoms with Crippen molar-refractivity contribution in [2.24, 2.45) is 0 Å². The van der Waals surface area contributed by atoms with Gasteiger partial charge in [0.05, 0.1) is 31.0 Å². The molecule has 5 nitrogen and oxygen atoms in total. The van der Waals surface area contributed by atoms with Gasteiger partial charge in [-0.1, -0.05) is 6.92 Å². The fourth-order valence-electron chi connectivity index (χ4n) is 2.16. The Morgan fingerprint density at radius 2 is 1.88 bits per heavy atom. The Labute approximate surface area is 154 Å². The fraction of sp³-hybridized carbons (Fsp3) is 0.278. The standard InChI is InChI=1S/C18H19BrFNO4/c1-4-7-25-17-13(19)8-11(9-16(17)24-3)18(22)21-14-6-5-12(20)10-15(14)23-2/h5-6,8-10H,4,7H2,1-3H3,(H,21,22). The molecule has 0 spiro atoms. The Kier molecular flexibility index (Phi) is 6.64. The smallest absolute Gasteiger partial charge is 0.255 e. The third-order valence-corrected chi connectivity index (χ3v) is 3.94. The number of methoxy groups -OCH3 is 2. The zero-order valence-electron chi connectivity index (χ0n) is 14.2. The molecule has 2 rings (SSSR count). The van der Waals surface area contributed by atoms with Gasteiger partial charge in [-0.3, -0.25) is 4.79 Å². The summed E-state index contributed by atoms with van der Waals surface area (Å²) in [6, 6.07) is 7.11. The molecular formula is C18H19BrFNO4. The van der Waals surface area contributed by atoms with E-state index in [9.17, 15) is 9.18 Å². The summed E-state index contributed by atoms with van der Waals surface area (Å²) in [7, 11) is 2.91. The average Bonchev–Trinajstić information content (AvgIpc) is 2.61. The lowest BCUT2D eigenvalue weighted by atomic mass is 10.1. The van der Waals surface area contributed by atoms with E-state index in [-0.39, 0.29) is 11.7 Å². The van der Waals surface area contributed by atoms with Crippen LogP contribution in [0.2, 0.25) is 0 Å². The van der Waals surface area contributed by atoms with E-state index in [1.54, 1.807) is 12.1 Å². The number of nitrogens with one attached hydrogen (secondary N) is 1. The molecule has 0 bridgehead atoms. The molecule has 0 aliphatic heterocycles. The largest absolute Gasteiger partial charge is 0.494 e. The molecule has 0 saturated heterocycles. The van der Waals surface area contributed by atoms with E-state index in [1.165, 1.54) is 32.4 Å². The molecular weight excluding hydrogens is 393 g/mol.